The van der Waals surface area contributed by atoms with Crippen LogP contribution in [0, 0.1) is 0 Å². The van der Waals surface area contributed by atoms with Gasteiger partial charge in [0, 0.05) is 30.6 Å². The summed E-state index contributed by atoms with van der Waals surface area (Å²) in [4.78, 5) is 16.6. The first-order chi connectivity index (χ1) is 15.1. The van der Waals surface area contributed by atoms with E-state index in [2.05, 4.69) is 62.3 Å². The fourth-order valence-electron chi connectivity index (χ4n) is 4.67. The minimum atomic E-state index is 0.0314. The Hall–Kier alpha value is -3.61. The zero-order chi connectivity index (χ0) is 21.1. The van der Waals surface area contributed by atoms with Crippen molar-refractivity contribution >= 4 is 34.0 Å². The van der Waals surface area contributed by atoms with Gasteiger partial charge in [-0.3, -0.25) is 14.6 Å². The molecule has 0 radical (unpaired) electrons. The number of H-pyrrole nitrogens is 1. The van der Waals surface area contributed by atoms with Gasteiger partial charge in [-0.05, 0) is 49.6 Å². The van der Waals surface area contributed by atoms with E-state index in [-0.39, 0.29) is 11.9 Å². The maximum Gasteiger partial charge on any atom is 0.224 e. The third-order valence-electron chi connectivity index (χ3n) is 6.31. The van der Waals surface area contributed by atoms with Crippen LogP contribution >= 0.6 is 0 Å². The number of benzene rings is 2. The summed E-state index contributed by atoms with van der Waals surface area (Å²) in [6.07, 6.45) is 6.47. The van der Waals surface area contributed by atoms with Gasteiger partial charge in [-0.25, -0.2) is 0 Å². The van der Waals surface area contributed by atoms with Gasteiger partial charge < -0.3 is 9.80 Å². The van der Waals surface area contributed by atoms with E-state index >= 15 is 0 Å². The molecular weight excluding hydrogens is 388 g/mol. The van der Waals surface area contributed by atoms with Gasteiger partial charge in [0.25, 0.3) is 0 Å². The first kappa shape index (κ1) is 18.2. The van der Waals surface area contributed by atoms with E-state index in [1.54, 1.807) is 6.92 Å². The third kappa shape index (κ3) is 2.91. The lowest BCUT2D eigenvalue weighted by molar-refractivity contribution is -0.117. The minimum absolute atomic E-state index is 0.0314. The second-order valence-corrected chi connectivity index (χ2v) is 8.59. The highest BCUT2D eigenvalue weighted by molar-refractivity contribution is 6.01. The molecule has 0 unspecified atom stereocenters. The molecular formula is C24H24N6O. The van der Waals surface area contributed by atoms with E-state index < -0.39 is 0 Å². The first-order valence-corrected chi connectivity index (χ1v) is 10.8. The van der Waals surface area contributed by atoms with Crippen LogP contribution in [-0.4, -0.2) is 38.5 Å². The second kappa shape index (κ2) is 6.70. The summed E-state index contributed by atoms with van der Waals surface area (Å²) in [5, 5.41) is 13.4. The van der Waals surface area contributed by atoms with Crippen molar-refractivity contribution in [2.45, 2.75) is 38.8 Å². The molecule has 0 bridgehead atoms. The van der Waals surface area contributed by atoms with Crippen LogP contribution in [0.15, 0.2) is 54.9 Å². The summed E-state index contributed by atoms with van der Waals surface area (Å²) in [7, 11) is 0. The Morgan fingerprint density at radius 1 is 1.10 bits per heavy atom. The Bertz CT molecular complexity index is 1300. The summed E-state index contributed by atoms with van der Waals surface area (Å²) in [5.74, 6) is 0.937. The van der Waals surface area contributed by atoms with Crippen LogP contribution in [0.1, 0.15) is 32.7 Å². The molecule has 3 heterocycles. The fourth-order valence-corrected chi connectivity index (χ4v) is 4.67. The molecule has 6 rings (SSSR count). The molecule has 7 nitrogen and oxygen atoms in total. The van der Waals surface area contributed by atoms with E-state index in [0.29, 0.717) is 12.6 Å². The molecule has 2 aliphatic rings. The van der Waals surface area contributed by atoms with Gasteiger partial charge in [0.15, 0.2) is 5.82 Å². The zero-order valence-corrected chi connectivity index (χ0v) is 17.6. The molecule has 156 valence electrons. The van der Waals surface area contributed by atoms with E-state index in [4.69, 9.17) is 0 Å². The highest BCUT2D eigenvalue weighted by Crippen LogP contribution is 2.43. The lowest BCUT2D eigenvalue weighted by atomic mass is 10.0. The monoisotopic (exact) mass is 412 g/mol. The van der Waals surface area contributed by atoms with Crippen molar-refractivity contribution in [3.05, 3.63) is 54.9 Å². The van der Waals surface area contributed by atoms with Gasteiger partial charge in [0.05, 0.1) is 35.2 Å². The molecule has 1 atom stereocenters. The van der Waals surface area contributed by atoms with Crippen LogP contribution in [0.5, 0.6) is 0 Å². The summed E-state index contributed by atoms with van der Waals surface area (Å²) in [6, 6.07) is 15.0. The van der Waals surface area contributed by atoms with Crippen molar-refractivity contribution in [1.82, 2.24) is 20.0 Å². The summed E-state index contributed by atoms with van der Waals surface area (Å²) in [6.45, 7) is 4.39. The summed E-state index contributed by atoms with van der Waals surface area (Å²) in [5.41, 5.74) is 5.09. The molecule has 2 aromatic heterocycles. The number of fused-ring (bicyclic) bond motifs is 2. The molecule has 4 aromatic rings. The number of hydrogen-bond donors (Lipinski definition) is 1. The Balaban J connectivity index is 1.50. The molecule has 1 amide bonds. The summed E-state index contributed by atoms with van der Waals surface area (Å²) < 4.78 is 2.07. The maximum absolute atomic E-state index is 12.5. The zero-order valence-electron chi connectivity index (χ0n) is 17.6. The van der Waals surface area contributed by atoms with Gasteiger partial charge in [-0.2, -0.15) is 10.2 Å². The number of anilines is 3. The third-order valence-corrected chi connectivity index (χ3v) is 6.31. The Morgan fingerprint density at radius 2 is 1.94 bits per heavy atom. The van der Waals surface area contributed by atoms with E-state index in [9.17, 15) is 4.79 Å². The smallest absolute Gasteiger partial charge is 0.224 e. The molecule has 7 heteroatoms. The van der Waals surface area contributed by atoms with Crippen molar-refractivity contribution in [3.8, 4) is 11.1 Å². The molecule has 0 saturated heterocycles. The predicted molar refractivity (Wildman–Crippen MR) is 122 cm³/mol. The van der Waals surface area contributed by atoms with E-state index in [1.165, 1.54) is 12.8 Å². The minimum Gasteiger partial charge on any atom is -0.320 e. The highest BCUT2D eigenvalue weighted by atomic mass is 16.2. The number of aromatic nitrogens is 4. The van der Waals surface area contributed by atoms with Gasteiger partial charge in [0.2, 0.25) is 5.91 Å². The number of para-hydroxylation sites is 1. The van der Waals surface area contributed by atoms with Crippen LogP contribution < -0.4 is 9.80 Å². The van der Waals surface area contributed by atoms with Crippen molar-refractivity contribution in [2.24, 2.45) is 0 Å². The van der Waals surface area contributed by atoms with Crippen LogP contribution in [0.3, 0.4) is 0 Å². The van der Waals surface area contributed by atoms with Gasteiger partial charge in [-0.15, -0.1) is 0 Å². The van der Waals surface area contributed by atoms with Crippen molar-refractivity contribution in [3.63, 3.8) is 0 Å². The number of aromatic amines is 1. The van der Waals surface area contributed by atoms with Crippen LogP contribution in [0.4, 0.5) is 17.2 Å². The number of carbonyl (C=O) groups excluding carboxylic acids is 1. The molecule has 1 fully saturated rings. The number of amides is 1. The van der Waals surface area contributed by atoms with Gasteiger partial charge in [0.1, 0.15) is 0 Å². The lowest BCUT2D eigenvalue weighted by Crippen LogP contribution is -2.48. The lowest BCUT2D eigenvalue weighted by Gasteiger charge is -2.41. The van der Waals surface area contributed by atoms with Crippen LogP contribution in [0.25, 0.3) is 22.0 Å². The molecule has 31 heavy (non-hydrogen) atoms. The Kier molecular flexibility index (Phi) is 3.93. The van der Waals surface area contributed by atoms with Gasteiger partial charge >= 0.3 is 0 Å². The second-order valence-electron chi connectivity index (χ2n) is 8.59. The van der Waals surface area contributed by atoms with Crippen LogP contribution in [0.2, 0.25) is 0 Å². The number of rotatable bonds is 3. The van der Waals surface area contributed by atoms with Crippen molar-refractivity contribution < 1.29 is 4.79 Å². The largest absolute Gasteiger partial charge is 0.320 e. The number of hydrogen-bond acceptors (Lipinski definition) is 4. The average molecular weight is 412 g/mol. The molecule has 1 saturated carbocycles. The standard InChI is InChI=1S/C24H24N6O/c1-15-13-28(24-20-5-3-4-6-21(20)26-27-24)23-11-17(7-10-22(23)30(15)16(2)31)18-12-25-29(14-18)19-8-9-19/h3-7,10-12,14-15,19H,8-9,13H2,1-2H3,(H,26,27)/t15-/m0/s1. The van der Waals surface area contributed by atoms with E-state index in [0.717, 1.165) is 39.2 Å². The average Bonchev–Trinajstić information content (AvgIpc) is 3.34. The Morgan fingerprint density at radius 3 is 2.74 bits per heavy atom. The number of nitrogens with one attached hydrogen (secondary N) is 1. The highest BCUT2D eigenvalue weighted by Gasteiger charge is 2.33. The molecule has 1 aliphatic carbocycles. The summed E-state index contributed by atoms with van der Waals surface area (Å²) >= 11 is 0. The molecule has 1 aliphatic heterocycles. The quantitative estimate of drug-likeness (QED) is 0.532. The van der Waals surface area contributed by atoms with Crippen LogP contribution in [-0.2, 0) is 4.79 Å². The van der Waals surface area contributed by atoms with Crippen molar-refractivity contribution in [1.29, 1.82) is 0 Å². The predicted octanol–water partition coefficient (Wildman–Crippen LogP) is 4.65. The van der Waals surface area contributed by atoms with Crippen molar-refractivity contribution in [2.75, 3.05) is 16.3 Å². The molecule has 1 N–H and O–H groups in total. The number of nitrogens with zero attached hydrogens (tertiary/aromatic N) is 5. The Labute approximate surface area is 180 Å². The fraction of sp³-hybridized carbons (Fsp3) is 0.292. The topological polar surface area (TPSA) is 70.1 Å². The molecule has 0 spiro atoms. The molecule has 2 aromatic carbocycles. The SMILES string of the molecule is CC(=O)N1c2ccc(-c3cnn(C4CC4)c3)cc2N(c2n[nH]c3ccccc23)C[C@@H]1C. The maximum atomic E-state index is 12.5. The van der Waals surface area contributed by atoms with Gasteiger partial charge in [-0.1, -0.05) is 18.2 Å². The first-order valence-electron chi connectivity index (χ1n) is 10.8. The van der Waals surface area contributed by atoms with E-state index in [1.807, 2.05) is 29.3 Å². The normalized spacial score (nSPS) is 18.5. The number of carbonyl (C=O) groups is 1.